The van der Waals surface area contributed by atoms with Crippen LogP contribution in [0.15, 0.2) is 24.3 Å². The highest BCUT2D eigenvalue weighted by Gasteiger charge is 2.08. The van der Waals surface area contributed by atoms with Crippen LogP contribution >= 0.6 is 27.7 Å². The Morgan fingerprint density at radius 2 is 1.94 bits per heavy atom. The van der Waals surface area contributed by atoms with Crippen LogP contribution < -0.4 is 0 Å². The molecule has 0 aliphatic rings. The molecule has 0 nitrogen and oxygen atoms in total. The smallest absolute Gasteiger partial charge is 0.00628 e. The van der Waals surface area contributed by atoms with E-state index < -0.39 is 0 Å². The van der Waals surface area contributed by atoms with Crippen molar-refractivity contribution in [3.8, 4) is 0 Å². The monoisotopic (exact) mass is 314 g/mol. The molecule has 0 aromatic heterocycles. The van der Waals surface area contributed by atoms with Crippen molar-refractivity contribution in [2.45, 2.75) is 33.1 Å². The number of alkyl halides is 1. The molecule has 0 saturated carbocycles. The number of benzene rings is 1. The predicted octanol–water partition coefficient (Wildman–Crippen LogP) is 5.08. The van der Waals surface area contributed by atoms with E-state index >= 15 is 0 Å². The fourth-order valence-electron chi connectivity index (χ4n) is 1.91. The van der Waals surface area contributed by atoms with Gasteiger partial charge in [0.05, 0.1) is 0 Å². The lowest BCUT2D eigenvalue weighted by molar-refractivity contribution is 0.536. The van der Waals surface area contributed by atoms with E-state index in [-0.39, 0.29) is 0 Å². The van der Waals surface area contributed by atoms with Crippen LogP contribution in [0.25, 0.3) is 0 Å². The van der Waals surface area contributed by atoms with Gasteiger partial charge in [0.15, 0.2) is 0 Å². The van der Waals surface area contributed by atoms with Gasteiger partial charge in [0, 0.05) is 5.33 Å². The Morgan fingerprint density at radius 1 is 1.24 bits per heavy atom. The third-order valence-corrected chi connectivity index (χ3v) is 4.87. The van der Waals surface area contributed by atoms with Crippen LogP contribution in [-0.2, 0) is 6.42 Å². The van der Waals surface area contributed by atoms with Crippen molar-refractivity contribution in [3.05, 3.63) is 35.4 Å². The topological polar surface area (TPSA) is 0 Å². The van der Waals surface area contributed by atoms with E-state index in [1.807, 2.05) is 0 Å². The summed E-state index contributed by atoms with van der Waals surface area (Å²) in [4.78, 5) is 0. The quantitative estimate of drug-likeness (QED) is 0.476. The Labute approximate surface area is 119 Å². The molecular weight excluding hydrogens is 292 g/mol. The SMILES string of the molecule is CCSCCCC(CBr)Cc1ccc(C)cc1. The third kappa shape index (κ3) is 6.52. The summed E-state index contributed by atoms with van der Waals surface area (Å²) in [7, 11) is 0. The molecule has 0 amide bonds. The lowest BCUT2D eigenvalue weighted by Gasteiger charge is -2.14. The van der Waals surface area contributed by atoms with E-state index in [4.69, 9.17) is 0 Å². The molecule has 1 aromatic carbocycles. The summed E-state index contributed by atoms with van der Waals surface area (Å²) in [5.41, 5.74) is 2.83. The maximum Gasteiger partial charge on any atom is 0.00628 e. The summed E-state index contributed by atoms with van der Waals surface area (Å²) in [6, 6.07) is 8.97. The molecule has 0 radical (unpaired) electrons. The molecule has 0 aliphatic heterocycles. The fourth-order valence-corrected chi connectivity index (χ4v) is 3.12. The Hall–Kier alpha value is 0.0500. The number of thioether (sulfide) groups is 1. The summed E-state index contributed by atoms with van der Waals surface area (Å²) in [5.74, 6) is 3.35. The minimum atomic E-state index is 0.787. The van der Waals surface area contributed by atoms with Crippen LogP contribution in [0.5, 0.6) is 0 Å². The average Bonchev–Trinajstić information content (AvgIpc) is 2.35. The molecule has 0 spiro atoms. The number of hydrogen-bond acceptors (Lipinski definition) is 1. The van der Waals surface area contributed by atoms with Gasteiger partial charge in [0.25, 0.3) is 0 Å². The van der Waals surface area contributed by atoms with Crippen molar-refractivity contribution >= 4 is 27.7 Å². The van der Waals surface area contributed by atoms with Crippen LogP contribution in [0.1, 0.15) is 30.9 Å². The Balaban J connectivity index is 2.33. The lowest BCUT2D eigenvalue weighted by atomic mass is 9.96. The second kappa shape index (κ2) is 9.04. The van der Waals surface area contributed by atoms with Gasteiger partial charge in [-0.05, 0) is 49.2 Å². The maximum atomic E-state index is 3.65. The normalized spacial score (nSPS) is 12.6. The first kappa shape index (κ1) is 15.1. The summed E-state index contributed by atoms with van der Waals surface area (Å²) in [6.45, 7) is 4.38. The Kier molecular flexibility index (Phi) is 8.04. The number of aryl methyl sites for hydroxylation is 1. The van der Waals surface area contributed by atoms with Gasteiger partial charge in [-0.1, -0.05) is 52.7 Å². The van der Waals surface area contributed by atoms with Crippen molar-refractivity contribution in [1.82, 2.24) is 0 Å². The van der Waals surface area contributed by atoms with E-state index in [0.29, 0.717) is 0 Å². The van der Waals surface area contributed by atoms with Crippen molar-refractivity contribution < 1.29 is 0 Å². The first-order valence-electron chi connectivity index (χ1n) is 6.45. The molecule has 0 bridgehead atoms. The molecule has 0 heterocycles. The largest absolute Gasteiger partial charge is 0.162 e. The molecule has 0 fully saturated rings. The van der Waals surface area contributed by atoms with Gasteiger partial charge < -0.3 is 0 Å². The average molecular weight is 315 g/mol. The van der Waals surface area contributed by atoms with Crippen molar-refractivity contribution in [3.63, 3.8) is 0 Å². The van der Waals surface area contributed by atoms with Gasteiger partial charge >= 0.3 is 0 Å². The summed E-state index contributed by atoms with van der Waals surface area (Å²) < 4.78 is 0. The van der Waals surface area contributed by atoms with Gasteiger partial charge in [-0.2, -0.15) is 11.8 Å². The molecule has 2 heteroatoms. The van der Waals surface area contributed by atoms with Crippen LogP contribution in [0.2, 0.25) is 0 Å². The summed E-state index contributed by atoms with van der Waals surface area (Å²) in [5, 5.41) is 1.12. The van der Waals surface area contributed by atoms with Crippen LogP contribution in [0.3, 0.4) is 0 Å². The van der Waals surface area contributed by atoms with Gasteiger partial charge in [0.2, 0.25) is 0 Å². The van der Waals surface area contributed by atoms with E-state index in [1.165, 1.54) is 41.9 Å². The van der Waals surface area contributed by atoms with Crippen molar-refractivity contribution in [1.29, 1.82) is 0 Å². The molecule has 96 valence electrons. The second-order valence-corrected chi connectivity index (χ2v) is 6.59. The zero-order valence-corrected chi connectivity index (χ0v) is 13.3. The first-order valence-corrected chi connectivity index (χ1v) is 8.73. The van der Waals surface area contributed by atoms with Gasteiger partial charge in [-0.25, -0.2) is 0 Å². The van der Waals surface area contributed by atoms with E-state index in [9.17, 15) is 0 Å². The predicted molar refractivity (Wildman–Crippen MR) is 84.4 cm³/mol. The minimum absolute atomic E-state index is 0.787. The highest BCUT2D eigenvalue weighted by molar-refractivity contribution is 9.09. The maximum absolute atomic E-state index is 3.65. The Bertz CT molecular complexity index is 294. The zero-order valence-electron chi connectivity index (χ0n) is 10.9. The lowest BCUT2D eigenvalue weighted by Crippen LogP contribution is -2.06. The molecule has 0 saturated heterocycles. The van der Waals surface area contributed by atoms with Crippen molar-refractivity contribution in [2.24, 2.45) is 5.92 Å². The highest BCUT2D eigenvalue weighted by Crippen LogP contribution is 2.18. The van der Waals surface area contributed by atoms with Crippen molar-refractivity contribution in [2.75, 3.05) is 16.8 Å². The van der Waals surface area contributed by atoms with Crippen LogP contribution in [0, 0.1) is 12.8 Å². The van der Waals surface area contributed by atoms with Crippen LogP contribution in [-0.4, -0.2) is 16.8 Å². The highest BCUT2D eigenvalue weighted by atomic mass is 79.9. The molecule has 1 aromatic rings. The summed E-state index contributed by atoms with van der Waals surface area (Å²) in [6.07, 6.45) is 3.90. The van der Waals surface area contributed by atoms with Gasteiger partial charge in [-0.15, -0.1) is 0 Å². The minimum Gasteiger partial charge on any atom is -0.162 e. The molecule has 1 atom stereocenters. The van der Waals surface area contributed by atoms with E-state index in [1.54, 1.807) is 0 Å². The third-order valence-electron chi connectivity index (χ3n) is 2.97. The number of rotatable bonds is 8. The van der Waals surface area contributed by atoms with E-state index in [2.05, 4.69) is 65.8 Å². The molecule has 17 heavy (non-hydrogen) atoms. The Morgan fingerprint density at radius 3 is 2.53 bits per heavy atom. The molecule has 0 aliphatic carbocycles. The van der Waals surface area contributed by atoms with Gasteiger partial charge in [0.1, 0.15) is 0 Å². The molecule has 1 rings (SSSR count). The zero-order chi connectivity index (χ0) is 12.5. The second-order valence-electron chi connectivity index (χ2n) is 4.55. The number of hydrogen-bond donors (Lipinski definition) is 0. The van der Waals surface area contributed by atoms with Gasteiger partial charge in [-0.3, -0.25) is 0 Å². The first-order chi connectivity index (χ1) is 8.26. The fraction of sp³-hybridized carbons (Fsp3) is 0.600. The van der Waals surface area contributed by atoms with Crippen LogP contribution in [0.4, 0.5) is 0 Å². The summed E-state index contributed by atoms with van der Waals surface area (Å²) >= 11 is 5.70. The molecule has 0 N–H and O–H groups in total. The standard InChI is InChI=1S/C15H23BrS/c1-3-17-10-4-5-15(12-16)11-14-8-6-13(2)7-9-14/h6-9,15H,3-5,10-12H2,1-2H3. The molecular formula is C15H23BrS. The van der Waals surface area contributed by atoms with E-state index in [0.717, 1.165) is 11.2 Å². The number of halogens is 1. The molecule has 1 unspecified atom stereocenters.